The van der Waals surface area contributed by atoms with E-state index in [2.05, 4.69) is 104 Å². The molecule has 0 aliphatic heterocycles. The van der Waals surface area contributed by atoms with Crippen LogP contribution in [0.25, 0.3) is 0 Å². The van der Waals surface area contributed by atoms with Gasteiger partial charge < -0.3 is 0 Å². The zero-order valence-electron chi connectivity index (χ0n) is 41.0. The van der Waals surface area contributed by atoms with Crippen LogP contribution in [0.4, 0.5) is 0 Å². The summed E-state index contributed by atoms with van der Waals surface area (Å²) in [6, 6.07) is 0. The maximum absolute atomic E-state index is 2.43. The maximum atomic E-state index is 2.43. The predicted molar refractivity (Wildman–Crippen MR) is 253 cm³/mol. The highest BCUT2D eigenvalue weighted by Gasteiger charge is 2.10. The Kier molecular flexibility index (Phi) is 56.3. The van der Waals surface area contributed by atoms with Gasteiger partial charge >= 0.3 is 0 Å². The largest absolute Gasteiger partial charge is 0.0654 e. The molecule has 0 fully saturated rings. The molecule has 0 aliphatic carbocycles. The molecule has 5 unspecified atom stereocenters. The summed E-state index contributed by atoms with van der Waals surface area (Å²) in [5.74, 6) is 6.49. The number of rotatable bonds is 34. The molecular weight excluding hydrogens is 637 g/mol. The van der Waals surface area contributed by atoms with E-state index in [1.165, 1.54) is 199 Å². The first-order chi connectivity index (χ1) is 25.4. The predicted octanol–water partition coefficient (Wildman–Crippen LogP) is 20.7. The van der Waals surface area contributed by atoms with E-state index in [-0.39, 0.29) is 0 Å². The molecule has 0 amide bonds. The molecule has 0 radical (unpaired) electrons. The van der Waals surface area contributed by atoms with Crippen LogP contribution in [0.15, 0.2) is 0 Å². The fraction of sp³-hybridized carbons (Fsp3) is 1.00. The monoisotopic (exact) mass is 751 g/mol. The van der Waals surface area contributed by atoms with Crippen molar-refractivity contribution in [1.29, 1.82) is 0 Å². The van der Waals surface area contributed by atoms with Crippen molar-refractivity contribution in [2.75, 3.05) is 0 Å². The van der Waals surface area contributed by atoms with Crippen LogP contribution in [0.3, 0.4) is 0 Å². The van der Waals surface area contributed by atoms with E-state index in [9.17, 15) is 0 Å². The molecule has 0 saturated carbocycles. The van der Waals surface area contributed by atoms with E-state index in [4.69, 9.17) is 0 Å². The molecule has 0 spiro atoms. The van der Waals surface area contributed by atoms with Gasteiger partial charge in [-0.05, 0) is 41.4 Å². The summed E-state index contributed by atoms with van der Waals surface area (Å²) in [5, 5.41) is 0. The highest BCUT2D eigenvalue weighted by Crippen LogP contribution is 2.22. The van der Waals surface area contributed by atoms with Gasteiger partial charge in [-0.25, -0.2) is 0 Å². The van der Waals surface area contributed by atoms with Gasteiger partial charge in [0.05, 0.1) is 0 Å². The summed E-state index contributed by atoms with van der Waals surface area (Å²) in [6.45, 7) is 35.0. The van der Waals surface area contributed by atoms with E-state index in [0.29, 0.717) is 0 Å². The molecule has 0 heteroatoms. The summed E-state index contributed by atoms with van der Waals surface area (Å²) in [6.07, 6.45) is 44.3. The summed E-state index contributed by atoms with van der Waals surface area (Å²) in [4.78, 5) is 0. The third-order valence-electron chi connectivity index (χ3n) is 12.1. The van der Waals surface area contributed by atoms with Gasteiger partial charge in [0.15, 0.2) is 0 Å². The van der Waals surface area contributed by atoms with Crippen LogP contribution in [0, 0.1) is 41.4 Å². The Morgan fingerprint density at radius 1 is 0.226 bits per heavy atom. The van der Waals surface area contributed by atoms with Crippen LogP contribution >= 0.6 is 0 Å². The van der Waals surface area contributed by atoms with Crippen molar-refractivity contribution in [1.82, 2.24) is 0 Å². The van der Waals surface area contributed by atoms with E-state index >= 15 is 0 Å². The fourth-order valence-corrected chi connectivity index (χ4v) is 7.11. The minimum atomic E-state index is 0.887. The molecule has 0 aromatic carbocycles. The van der Waals surface area contributed by atoms with Crippen molar-refractivity contribution in [3.63, 3.8) is 0 Å². The molecule has 326 valence electrons. The quantitative estimate of drug-likeness (QED) is 0.0575. The van der Waals surface area contributed by atoms with Crippen LogP contribution in [0.2, 0.25) is 0 Å². The van der Waals surface area contributed by atoms with Gasteiger partial charge in [0.25, 0.3) is 0 Å². The second kappa shape index (κ2) is 50.0. The number of hydrogen-bond acceptors (Lipinski definition) is 0. The average Bonchev–Trinajstić information content (AvgIpc) is 3.13. The van der Waals surface area contributed by atoms with Crippen LogP contribution in [-0.2, 0) is 0 Å². The van der Waals surface area contributed by atoms with Gasteiger partial charge in [0.2, 0.25) is 0 Å². The van der Waals surface area contributed by atoms with Crippen molar-refractivity contribution in [3.05, 3.63) is 0 Å². The second-order valence-corrected chi connectivity index (χ2v) is 19.2. The minimum Gasteiger partial charge on any atom is -0.0654 e. The van der Waals surface area contributed by atoms with E-state index < -0.39 is 0 Å². The number of hydrogen-bond donors (Lipinski definition) is 0. The normalized spacial score (nSPS) is 14.0. The van der Waals surface area contributed by atoms with Gasteiger partial charge in [-0.15, -0.1) is 0 Å². The lowest BCUT2D eigenvalue weighted by atomic mass is 9.88. The van der Waals surface area contributed by atoms with Gasteiger partial charge in [0.1, 0.15) is 0 Å². The van der Waals surface area contributed by atoms with E-state index in [1.807, 2.05) is 0 Å². The lowest BCUT2D eigenvalue weighted by Crippen LogP contribution is -2.07. The molecule has 0 aromatic heterocycles. The molecule has 0 aromatic rings. The molecule has 0 saturated heterocycles. The van der Waals surface area contributed by atoms with Gasteiger partial charge in [-0.1, -0.05) is 303 Å². The summed E-state index contributed by atoms with van der Waals surface area (Å²) < 4.78 is 0. The van der Waals surface area contributed by atoms with Crippen LogP contribution in [0.1, 0.15) is 303 Å². The zero-order chi connectivity index (χ0) is 41.0. The minimum absolute atomic E-state index is 0.887. The standard InChI is InChI=1S/C15H32.C14H30.C13H28.C11H24/c1-6-14(4)11-12-15(5)10-8-7-9-13(2)3;1-3-5-7-9-11-13-14-12-10-8-6-4-2;1-5-6-7-8-9-13(4)11-10-12(2)3;1-5-7-9-11(4)10(3)8-6-2/h13-15H,6-12H2,1-5H3;3-14H2,1-2H3;12-13H,5-11H2,1-4H3;10-11H,5-9H2,1-4H3. The Labute approximate surface area is 343 Å². The smallest absolute Gasteiger partial charge is 0.0417 e. The van der Waals surface area contributed by atoms with Crippen molar-refractivity contribution < 1.29 is 0 Å². The van der Waals surface area contributed by atoms with Gasteiger partial charge in [-0.3, -0.25) is 0 Å². The Morgan fingerprint density at radius 3 is 0.925 bits per heavy atom. The summed E-state index contributed by atoms with van der Waals surface area (Å²) in [5.41, 5.74) is 0. The first kappa shape index (κ1) is 59.7. The van der Waals surface area contributed by atoms with Crippen LogP contribution in [-0.4, -0.2) is 0 Å². The molecule has 5 atom stereocenters. The first-order valence-electron chi connectivity index (χ1n) is 25.4. The van der Waals surface area contributed by atoms with E-state index in [1.54, 1.807) is 0 Å². The first-order valence-corrected chi connectivity index (χ1v) is 25.4. The molecule has 0 N–H and O–H groups in total. The highest BCUT2D eigenvalue weighted by molar-refractivity contribution is 4.61. The third kappa shape index (κ3) is 58.9. The van der Waals surface area contributed by atoms with Gasteiger partial charge in [-0.2, -0.15) is 0 Å². The molecule has 0 nitrogen and oxygen atoms in total. The Balaban J connectivity index is -0.000000304. The van der Waals surface area contributed by atoms with Crippen molar-refractivity contribution in [3.8, 4) is 0 Å². The lowest BCUT2D eigenvalue weighted by molar-refractivity contribution is 0.333. The van der Waals surface area contributed by atoms with Crippen LogP contribution in [0.5, 0.6) is 0 Å². The fourth-order valence-electron chi connectivity index (χ4n) is 7.11. The molecule has 0 heterocycles. The molecule has 0 rings (SSSR count). The zero-order valence-corrected chi connectivity index (χ0v) is 41.0. The molecular formula is C53H114. The SMILES string of the molecule is CCC(C)CCC(C)CCCCC(C)C.CCCCC(C)C(C)CCC.CCCCCCC(C)CCC(C)C.CCCCCCCCCCCCCC. The molecule has 53 heavy (non-hydrogen) atoms. The van der Waals surface area contributed by atoms with Gasteiger partial charge in [0, 0.05) is 0 Å². The van der Waals surface area contributed by atoms with Crippen molar-refractivity contribution >= 4 is 0 Å². The average molecular weight is 751 g/mol. The van der Waals surface area contributed by atoms with E-state index in [0.717, 1.165) is 41.4 Å². The Hall–Kier alpha value is 0. The topological polar surface area (TPSA) is 0 Å². The van der Waals surface area contributed by atoms with Crippen molar-refractivity contribution in [2.24, 2.45) is 41.4 Å². The second-order valence-electron chi connectivity index (χ2n) is 19.2. The highest BCUT2D eigenvalue weighted by atomic mass is 14.2. The lowest BCUT2D eigenvalue weighted by Gasteiger charge is -2.18. The maximum Gasteiger partial charge on any atom is -0.0417 e. The third-order valence-corrected chi connectivity index (χ3v) is 12.1. The Bertz CT molecular complexity index is 577. The summed E-state index contributed by atoms with van der Waals surface area (Å²) in [7, 11) is 0. The molecule has 0 bridgehead atoms. The Morgan fingerprint density at radius 2 is 0.547 bits per heavy atom. The van der Waals surface area contributed by atoms with Crippen LogP contribution < -0.4 is 0 Å². The summed E-state index contributed by atoms with van der Waals surface area (Å²) >= 11 is 0. The number of unbranched alkanes of at least 4 members (excludes halogenated alkanes) is 16. The van der Waals surface area contributed by atoms with Crippen molar-refractivity contribution in [2.45, 2.75) is 303 Å². The molecule has 0 aliphatic rings.